The van der Waals surface area contributed by atoms with Crippen LogP contribution in [0.5, 0.6) is 0 Å². The van der Waals surface area contributed by atoms with E-state index in [1.807, 2.05) is 19.1 Å². The Morgan fingerprint density at radius 2 is 1.80 bits per heavy atom. The Hall–Kier alpha value is -3.68. The monoisotopic (exact) mass is 338 g/mol. The Balaban J connectivity index is 1.65. The third-order valence-corrected chi connectivity index (χ3v) is 3.30. The molecule has 1 heterocycles. The van der Waals surface area contributed by atoms with Crippen molar-refractivity contribution in [2.45, 2.75) is 6.92 Å². The van der Waals surface area contributed by atoms with Crippen LogP contribution in [0.15, 0.2) is 59.3 Å². The van der Waals surface area contributed by atoms with Crippen molar-refractivity contribution in [2.24, 2.45) is 0 Å². The van der Waals surface area contributed by atoms with E-state index in [0.29, 0.717) is 11.4 Å². The van der Waals surface area contributed by atoms with E-state index in [4.69, 9.17) is 9.63 Å². The highest BCUT2D eigenvalue weighted by Crippen LogP contribution is 2.18. The molecule has 0 radical (unpaired) electrons. The zero-order valence-corrected chi connectivity index (χ0v) is 13.2. The average molecular weight is 338 g/mol. The maximum Gasteiger partial charge on any atom is 0.335 e. The van der Waals surface area contributed by atoms with E-state index < -0.39 is 12.0 Å². The van der Waals surface area contributed by atoms with E-state index in [0.717, 1.165) is 10.4 Å². The van der Waals surface area contributed by atoms with Crippen LogP contribution in [0.1, 0.15) is 15.9 Å². The summed E-state index contributed by atoms with van der Waals surface area (Å²) in [6.45, 7) is 1.95. The molecule has 3 aromatic rings. The highest BCUT2D eigenvalue weighted by Gasteiger charge is 2.15. The van der Waals surface area contributed by atoms with Crippen molar-refractivity contribution < 1.29 is 24.1 Å². The number of aromatic nitrogens is 2. The van der Waals surface area contributed by atoms with Gasteiger partial charge in [-0.1, -0.05) is 29.8 Å². The molecule has 0 aliphatic rings. The second-order valence-corrected chi connectivity index (χ2v) is 5.21. The fourth-order valence-electron chi connectivity index (χ4n) is 2.03. The van der Waals surface area contributed by atoms with Crippen LogP contribution in [0, 0.1) is 6.92 Å². The van der Waals surface area contributed by atoms with Gasteiger partial charge in [0.25, 0.3) is 5.69 Å². The van der Waals surface area contributed by atoms with Gasteiger partial charge in [-0.2, -0.15) is 0 Å². The quantitative estimate of drug-likeness (QED) is 0.710. The number of nitrogens with zero attached hydrogens (tertiary/aromatic N) is 3. The first-order chi connectivity index (χ1) is 12.0. The molecule has 3 rings (SSSR count). The fraction of sp³-hybridized carbons (Fsp3) is 0.0588. The number of carbonyl (C=O) groups excluding carboxylic acids is 1. The first kappa shape index (κ1) is 16.2. The average Bonchev–Trinajstić information content (AvgIpc) is 3.05. The zero-order valence-electron chi connectivity index (χ0n) is 13.2. The largest absolute Gasteiger partial charge is 0.478 e. The second-order valence-electron chi connectivity index (χ2n) is 5.21. The number of aryl methyl sites for hydroxylation is 1. The van der Waals surface area contributed by atoms with Gasteiger partial charge in [0.15, 0.2) is 6.03 Å². The molecule has 0 atom stereocenters. The van der Waals surface area contributed by atoms with Gasteiger partial charge >= 0.3 is 5.97 Å². The van der Waals surface area contributed by atoms with Crippen LogP contribution in [0.2, 0.25) is 0 Å². The molecule has 0 saturated carbocycles. The number of amides is 2. The number of anilines is 1. The van der Waals surface area contributed by atoms with E-state index >= 15 is 0 Å². The number of hydrogen-bond donors (Lipinski definition) is 2. The van der Waals surface area contributed by atoms with Crippen LogP contribution in [-0.4, -0.2) is 22.2 Å². The molecule has 0 saturated heterocycles. The Bertz CT molecular complexity index is 901. The van der Waals surface area contributed by atoms with Crippen LogP contribution in [0.4, 0.5) is 16.4 Å². The molecule has 2 amide bonds. The second kappa shape index (κ2) is 6.83. The normalized spacial score (nSPS) is 10.3. The lowest BCUT2D eigenvalue weighted by molar-refractivity contribution is -0.830. The summed E-state index contributed by atoms with van der Waals surface area (Å²) in [6, 6.07) is 12.6. The maximum atomic E-state index is 11.9. The van der Waals surface area contributed by atoms with E-state index in [1.165, 1.54) is 30.5 Å². The van der Waals surface area contributed by atoms with Crippen LogP contribution in [0.3, 0.4) is 0 Å². The molecular formula is C17H14N4O4. The predicted molar refractivity (Wildman–Crippen MR) is 88.2 cm³/mol. The molecule has 0 spiro atoms. The number of hydrogen-bond acceptors (Lipinski definition) is 4. The van der Waals surface area contributed by atoms with Crippen molar-refractivity contribution in [1.29, 1.82) is 0 Å². The molecule has 126 valence electrons. The van der Waals surface area contributed by atoms with Gasteiger partial charge in [-0.3, -0.25) is 4.79 Å². The summed E-state index contributed by atoms with van der Waals surface area (Å²) in [5, 5.41) is 19.2. The van der Waals surface area contributed by atoms with Gasteiger partial charge in [-0.05, 0) is 24.7 Å². The minimum atomic E-state index is -1.02. The van der Waals surface area contributed by atoms with Crippen molar-refractivity contribution in [3.63, 3.8) is 0 Å². The summed E-state index contributed by atoms with van der Waals surface area (Å²) >= 11 is 0. The standard InChI is InChI=1S/C17H14N4O4/c1-11-2-6-13(7-3-11)19-17(24)20-15-10-18-21(25-15)14-8-4-12(5-9-14)16(22)23/h2-10H,1H3,(H2,19,22,23,24). The first-order valence-electron chi connectivity index (χ1n) is 7.33. The number of carboxylic acid groups (broad SMARTS) is 1. The Labute approximate surface area is 142 Å². The lowest BCUT2D eigenvalue weighted by Gasteiger charge is -2.12. The van der Waals surface area contributed by atoms with E-state index in [1.54, 1.807) is 12.1 Å². The van der Waals surface area contributed by atoms with Gasteiger partial charge in [0.05, 0.1) is 5.56 Å². The fourth-order valence-corrected chi connectivity index (χ4v) is 2.03. The lowest BCUT2D eigenvalue weighted by Crippen LogP contribution is -2.31. The van der Waals surface area contributed by atoms with Gasteiger partial charge in [0, 0.05) is 17.2 Å². The van der Waals surface area contributed by atoms with Gasteiger partial charge in [-0.25, -0.2) is 9.32 Å². The Morgan fingerprint density at radius 1 is 1.12 bits per heavy atom. The Morgan fingerprint density at radius 3 is 2.44 bits per heavy atom. The SMILES string of the molecule is Cc1ccc(NC(=O)[N-]c2cn[n+](-c3ccc(C(=O)O)cc3)o2)cc1. The first-order valence-corrected chi connectivity index (χ1v) is 7.33. The number of benzene rings is 2. The summed E-state index contributed by atoms with van der Waals surface area (Å²) in [4.78, 5) is 23.9. The minimum Gasteiger partial charge on any atom is -0.478 e. The van der Waals surface area contributed by atoms with E-state index in [2.05, 4.69) is 15.7 Å². The maximum absolute atomic E-state index is 11.9. The molecule has 0 bridgehead atoms. The third-order valence-electron chi connectivity index (χ3n) is 3.30. The molecule has 8 heteroatoms. The number of carbonyl (C=O) groups is 2. The number of rotatable bonds is 4. The smallest absolute Gasteiger partial charge is 0.335 e. The molecule has 0 fully saturated rings. The van der Waals surface area contributed by atoms with Crippen molar-refractivity contribution in [2.75, 3.05) is 5.32 Å². The van der Waals surface area contributed by atoms with Crippen LogP contribution < -0.4 is 10.2 Å². The molecule has 2 N–H and O–H groups in total. The number of carboxylic acids is 1. The van der Waals surface area contributed by atoms with Gasteiger partial charge in [0.2, 0.25) is 5.88 Å². The number of nitrogens with one attached hydrogen (secondary N) is 1. The third kappa shape index (κ3) is 3.99. The lowest BCUT2D eigenvalue weighted by atomic mass is 10.2. The molecule has 2 aromatic carbocycles. The van der Waals surface area contributed by atoms with Crippen molar-refractivity contribution in [3.05, 3.63) is 71.2 Å². The highest BCUT2D eigenvalue weighted by atomic mass is 16.5. The van der Waals surface area contributed by atoms with Gasteiger partial charge in [0.1, 0.15) is 11.1 Å². The molecule has 1 aromatic heterocycles. The molecule has 8 nitrogen and oxygen atoms in total. The van der Waals surface area contributed by atoms with Crippen LogP contribution in [-0.2, 0) is 0 Å². The molecule has 0 aliphatic carbocycles. The summed E-state index contributed by atoms with van der Waals surface area (Å²) < 4.78 is 5.33. The van der Waals surface area contributed by atoms with E-state index in [-0.39, 0.29) is 11.4 Å². The van der Waals surface area contributed by atoms with Crippen LogP contribution >= 0.6 is 0 Å². The minimum absolute atomic E-state index is 0.0203. The Kier molecular flexibility index (Phi) is 4.42. The van der Waals surface area contributed by atoms with Crippen molar-refractivity contribution in [3.8, 4) is 5.69 Å². The molecular weight excluding hydrogens is 324 g/mol. The van der Waals surface area contributed by atoms with Crippen LogP contribution in [0.25, 0.3) is 11.0 Å². The molecule has 0 unspecified atom stereocenters. The van der Waals surface area contributed by atoms with E-state index in [9.17, 15) is 9.59 Å². The predicted octanol–water partition coefficient (Wildman–Crippen LogP) is 3.20. The summed E-state index contributed by atoms with van der Waals surface area (Å²) in [5.74, 6) is -1.00. The zero-order chi connectivity index (χ0) is 17.8. The molecule has 25 heavy (non-hydrogen) atoms. The summed E-state index contributed by atoms with van der Waals surface area (Å²) in [7, 11) is 0. The van der Waals surface area contributed by atoms with Gasteiger partial charge < -0.3 is 15.7 Å². The summed E-state index contributed by atoms with van der Waals surface area (Å²) in [6.07, 6.45) is 1.29. The topological polar surface area (TPSA) is 110 Å². The van der Waals surface area contributed by atoms with Crippen molar-refractivity contribution in [1.82, 2.24) is 5.10 Å². The van der Waals surface area contributed by atoms with Crippen molar-refractivity contribution >= 4 is 23.6 Å². The number of aromatic carboxylic acids is 1. The molecule has 0 aliphatic heterocycles. The summed E-state index contributed by atoms with van der Waals surface area (Å²) in [5.41, 5.74) is 2.36. The number of urea groups is 1. The van der Waals surface area contributed by atoms with Gasteiger partial charge in [-0.15, -0.1) is 0 Å². The highest BCUT2D eigenvalue weighted by molar-refractivity contribution is 6.03.